The first kappa shape index (κ1) is 22.8. The van der Waals surface area contributed by atoms with Crippen molar-refractivity contribution < 1.29 is 4.79 Å². The lowest BCUT2D eigenvalue weighted by Gasteiger charge is -2.35. The third kappa shape index (κ3) is 4.99. The molecule has 3 aromatic heterocycles. The molecule has 1 N–H and O–H groups in total. The summed E-state index contributed by atoms with van der Waals surface area (Å²) in [5.74, 6) is 2.33. The number of carbonyl (C=O) groups excluding carboxylic acids is 1. The number of carbonyl (C=O) groups is 1. The van der Waals surface area contributed by atoms with Crippen molar-refractivity contribution in [1.29, 1.82) is 0 Å². The molecule has 0 atom stereocenters. The van der Waals surface area contributed by atoms with E-state index >= 15 is 0 Å². The van der Waals surface area contributed by atoms with Crippen LogP contribution in [-0.4, -0.2) is 66.8 Å². The van der Waals surface area contributed by atoms with Crippen LogP contribution in [0.5, 0.6) is 0 Å². The molecule has 184 valence electrons. The summed E-state index contributed by atoms with van der Waals surface area (Å²) in [5, 5.41) is 0. The summed E-state index contributed by atoms with van der Waals surface area (Å²) >= 11 is 0. The molecular weight excluding hydrogens is 450 g/mol. The van der Waals surface area contributed by atoms with E-state index < -0.39 is 0 Å². The van der Waals surface area contributed by atoms with Gasteiger partial charge in [-0.25, -0.2) is 15.0 Å². The number of aromatic amines is 1. The van der Waals surface area contributed by atoms with E-state index in [0.29, 0.717) is 18.2 Å². The maximum atomic E-state index is 12.3. The van der Waals surface area contributed by atoms with Crippen molar-refractivity contribution in [3.05, 3.63) is 71.2 Å². The Kier molecular flexibility index (Phi) is 5.97. The highest BCUT2D eigenvalue weighted by atomic mass is 16.2. The van der Waals surface area contributed by atoms with Crippen LogP contribution < -0.4 is 0 Å². The summed E-state index contributed by atoms with van der Waals surface area (Å²) in [6, 6.07) is 12.5. The fourth-order valence-electron chi connectivity index (χ4n) is 5.06. The van der Waals surface area contributed by atoms with Gasteiger partial charge in [0, 0.05) is 68.2 Å². The molecule has 1 aliphatic heterocycles. The topological polar surface area (TPSA) is 90.9 Å². The number of piperazine rings is 1. The maximum absolute atomic E-state index is 12.3. The van der Waals surface area contributed by atoms with E-state index in [1.807, 2.05) is 26.0 Å². The monoisotopic (exact) mass is 481 g/mol. The molecule has 36 heavy (non-hydrogen) atoms. The molecule has 2 aliphatic rings. The standard InChI is InChI=1S/C28H31N7O/c1-18-13-20(17-34-9-11-35(12-10-34)28(36)21-3-4-21)14-23(30-18)16-27-32-25-6-5-22(15-26(25)33-27)24-7-8-29-19(2)31-24/h5-8,13-15,21H,3-4,9-12,16-17H2,1-2H3,(H,32,33). The predicted molar refractivity (Wildman–Crippen MR) is 138 cm³/mol. The van der Waals surface area contributed by atoms with Crippen LogP contribution in [0.2, 0.25) is 0 Å². The van der Waals surface area contributed by atoms with Gasteiger partial charge in [0.15, 0.2) is 0 Å². The third-order valence-electron chi connectivity index (χ3n) is 7.03. The van der Waals surface area contributed by atoms with Gasteiger partial charge in [-0.3, -0.25) is 14.7 Å². The first-order valence-electron chi connectivity index (χ1n) is 12.8. The third-order valence-corrected chi connectivity index (χ3v) is 7.03. The van der Waals surface area contributed by atoms with Crippen molar-refractivity contribution >= 4 is 16.9 Å². The molecule has 0 radical (unpaired) electrons. The summed E-state index contributed by atoms with van der Waals surface area (Å²) < 4.78 is 0. The van der Waals surface area contributed by atoms with Crippen molar-refractivity contribution in [3.63, 3.8) is 0 Å². The van der Waals surface area contributed by atoms with Crippen LogP contribution >= 0.6 is 0 Å². The molecule has 0 bridgehead atoms. The molecule has 6 rings (SSSR count). The van der Waals surface area contributed by atoms with Crippen molar-refractivity contribution in [2.45, 2.75) is 39.7 Å². The molecule has 1 saturated heterocycles. The highest BCUT2D eigenvalue weighted by molar-refractivity contribution is 5.81. The van der Waals surface area contributed by atoms with Crippen molar-refractivity contribution in [1.82, 2.24) is 34.7 Å². The molecule has 1 amide bonds. The summed E-state index contributed by atoms with van der Waals surface area (Å²) in [6.07, 6.45) is 4.59. The lowest BCUT2D eigenvalue weighted by Crippen LogP contribution is -2.48. The van der Waals surface area contributed by atoms with Gasteiger partial charge in [0.2, 0.25) is 5.91 Å². The van der Waals surface area contributed by atoms with Gasteiger partial charge in [-0.2, -0.15) is 0 Å². The number of pyridine rings is 1. The Hall–Kier alpha value is -3.65. The van der Waals surface area contributed by atoms with Crippen LogP contribution in [0.3, 0.4) is 0 Å². The number of rotatable bonds is 6. The molecular formula is C28H31N7O. The van der Waals surface area contributed by atoms with Gasteiger partial charge in [0.05, 0.1) is 16.7 Å². The zero-order chi connectivity index (χ0) is 24.6. The SMILES string of the molecule is Cc1cc(CN2CCN(C(=O)C3CC3)CC2)cc(Cc2nc3ccc(-c4ccnc(C)n4)cc3[nH]2)n1. The molecule has 0 spiro atoms. The number of hydrogen-bond donors (Lipinski definition) is 1. The summed E-state index contributed by atoms with van der Waals surface area (Å²) in [5.41, 5.74) is 7.16. The van der Waals surface area contributed by atoms with Crippen LogP contribution in [-0.2, 0) is 17.8 Å². The summed E-state index contributed by atoms with van der Waals surface area (Å²) in [7, 11) is 0. The molecule has 0 unspecified atom stereocenters. The molecule has 1 aromatic carbocycles. The van der Waals surface area contributed by atoms with Gasteiger partial charge in [-0.05, 0) is 62.6 Å². The van der Waals surface area contributed by atoms with E-state index in [4.69, 9.17) is 9.97 Å². The average Bonchev–Trinajstić information content (AvgIpc) is 3.63. The second-order valence-electron chi connectivity index (χ2n) is 10.1. The molecule has 8 nitrogen and oxygen atoms in total. The Morgan fingerprint density at radius 2 is 1.83 bits per heavy atom. The van der Waals surface area contributed by atoms with Gasteiger partial charge >= 0.3 is 0 Å². The first-order chi connectivity index (χ1) is 17.5. The quantitative estimate of drug-likeness (QED) is 0.452. The highest BCUT2D eigenvalue weighted by Crippen LogP contribution is 2.31. The fraction of sp³-hybridized carbons (Fsp3) is 0.393. The number of aromatic nitrogens is 5. The summed E-state index contributed by atoms with van der Waals surface area (Å²) in [6.45, 7) is 8.34. The van der Waals surface area contributed by atoms with Crippen LogP contribution in [0.15, 0.2) is 42.6 Å². The van der Waals surface area contributed by atoms with E-state index in [-0.39, 0.29) is 0 Å². The van der Waals surface area contributed by atoms with E-state index in [9.17, 15) is 4.79 Å². The predicted octanol–water partition coefficient (Wildman–Crippen LogP) is 3.68. The smallest absolute Gasteiger partial charge is 0.225 e. The number of H-pyrrole nitrogens is 1. The largest absolute Gasteiger partial charge is 0.342 e. The second kappa shape index (κ2) is 9.43. The van der Waals surface area contributed by atoms with Gasteiger partial charge in [0.25, 0.3) is 0 Å². The van der Waals surface area contributed by atoms with Crippen LogP contribution in [0, 0.1) is 19.8 Å². The number of aryl methyl sites for hydroxylation is 2. The molecule has 2 fully saturated rings. The molecule has 4 aromatic rings. The Balaban J connectivity index is 1.14. The van der Waals surface area contributed by atoms with Gasteiger partial charge in [0.1, 0.15) is 11.6 Å². The highest BCUT2D eigenvalue weighted by Gasteiger charge is 2.34. The zero-order valence-corrected chi connectivity index (χ0v) is 20.9. The van der Waals surface area contributed by atoms with E-state index in [0.717, 1.165) is 90.9 Å². The Labute approximate surface area is 210 Å². The number of imidazole rings is 1. The Morgan fingerprint density at radius 3 is 2.61 bits per heavy atom. The Morgan fingerprint density at radius 1 is 1.00 bits per heavy atom. The summed E-state index contributed by atoms with van der Waals surface area (Å²) in [4.78, 5) is 38.6. The van der Waals surface area contributed by atoms with Gasteiger partial charge < -0.3 is 9.88 Å². The van der Waals surface area contributed by atoms with Crippen molar-refractivity contribution in [3.8, 4) is 11.3 Å². The molecule has 4 heterocycles. The Bertz CT molecular complexity index is 1420. The van der Waals surface area contributed by atoms with Crippen LogP contribution in [0.25, 0.3) is 22.3 Å². The van der Waals surface area contributed by atoms with Crippen molar-refractivity contribution in [2.75, 3.05) is 26.2 Å². The van der Waals surface area contributed by atoms with Crippen molar-refractivity contribution in [2.24, 2.45) is 5.92 Å². The minimum atomic E-state index is 0.309. The minimum absolute atomic E-state index is 0.309. The average molecular weight is 482 g/mol. The van der Waals surface area contributed by atoms with Crippen LogP contribution in [0.4, 0.5) is 0 Å². The fourth-order valence-corrected chi connectivity index (χ4v) is 5.06. The normalized spacial score (nSPS) is 16.6. The zero-order valence-electron chi connectivity index (χ0n) is 20.9. The number of nitrogens with zero attached hydrogens (tertiary/aromatic N) is 6. The second-order valence-corrected chi connectivity index (χ2v) is 10.1. The minimum Gasteiger partial charge on any atom is -0.342 e. The number of fused-ring (bicyclic) bond motifs is 1. The van der Waals surface area contributed by atoms with E-state index in [1.165, 1.54) is 5.56 Å². The first-order valence-corrected chi connectivity index (χ1v) is 12.8. The number of benzene rings is 1. The lowest BCUT2D eigenvalue weighted by atomic mass is 10.1. The molecule has 1 aliphatic carbocycles. The number of hydrogen-bond acceptors (Lipinski definition) is 6. The lowest BCUT2D eigenvalue weighted by molar-refractivity contribution is -0.134. The molecule has 1 saturated carbocycles. The number of amides is 1. The van der Waals surface area contributed by atoms with E-state index in [1.54, 1.807) is 6.20 Å². The van der Waals surface area contributed by atoms with Gasteiger partial charge in [-0.1, -0.05) is 6.07 Å². The van der Waals surface area contributed by atoms with Gasteiger partial charge in [-0.15, -0.1) is 0 Å². The van der Waals surface area contributed by atoms with E-state index in [2.05, 4.69) is 49.0 Å². The van der Waals surface area contributed by atoms with Crippen LogP contribution in [0.1, 0.15) is 41.4 Å². The number of nitrogens with one attached hydrogen (secondary N) is 1. The molecule has 8 heteroatoms. The maximum Gasteiger partial charge on any atom is 0.225 e.